The number of nitrogens with zero attached hydrogens (tertiary/aromatic N) is 5. The maximum atomic E-state index is 13.6. The summed E-state index contributed by atoms with van der Waals surface area (Å²) in [5, 5.41) is 9.87. The van der Waals surface area contributed by atoms with Crippen molar-refractivity contribution in [1.29, 1.82) is 0 Å². The topological polar surface area (TPSA) is 58.9 Å². The molecule has 168 valence electrons. The lowest BCUT2D eigenvalue weighted by Gasteiger charge is -2.38. The van der Waals surface area contributed by atoms with Crippen molar-refractivity contribution in [1.82, 2.24) is 19.1 Å². The number of rotatable bonds is 4. The molecule has 1 N–H and O–H groups in total. The van der Waals surface area contributed by atoms with Crippen LogP contribution in [-0.2, 0) is 6.54 Å². The molecule has 2 bridgehead atoms. The quantitative estimate of drug-likeness (QED) is 0.619. The van der Waals surface area contributed by atoms with Gasteiger partial charge in [0.15, 0.2) is 0 Å². The first kappa shape index (κ1) is 20.1. The van der Waals surface area contributed by atoms with E-state index in [1.165, 1.54) is 23.4 Å². The Kier molecular flexibility index (Phi) is 4.93. The molecule has 1 saturated carbocycles. The van der Waals surface area contributed by atoms with Crippen molar-refractivity contribution in [2.45, 2.75) is 58.0 Å². The third-order valence-corrected chi connectivity index (χ3v) is 8.48. The summed E-state index contributed by atoms with van der Waals surface area (Å²) < 4.78 is 20.2. The molecule has 8 heteroatoms. The fourth-order valence-electron chi connectivity index (χ4n) is 6.02. The van der Waals surface area contributed by atoms with E-state index in [0.29, 0.717) is 17.9 Å². The van der Waals surface area contributed by atoms with Crippen LogP contribution in [0, 0.1) is 31.5 Å². The Bertz CT molecular complexity index is 1130. The SMILES string of the molecule is Cc1cc(N2CC3CCC(C2)C3Nc2nc3n(n2)CCCC3c2ccc(F)cc2C)sn1. The summed E-state index contributed by atoms with van der Waals surface area (Å²) in [6.07, 6.45) is 4.60. The second kappa shape index (κ2) is 7.83. The van der Waals surface area contributed by atoms with Crippen LogP contribution in [0.2, 0.25) is 0 Å². The summed E-state index contributed by atoms with van der Waals surface area (Å²) >= 11 is 1.62. The van der Waals surface area contributed by atoms with E-state index in [0.717, 1.165) is 55.5 Å². The average Bonchev–Trinajstić information content (AvgIpc) is 3.44. The first-order valence-electron chi connectivity index (χ1n) is 11.7. The number of hydrogen-bond donors (Lipinski definition) is 1. The Balaban J connectivity index is 1.21. The van der Waals surface area contributed by atoms with Gasteiger partial charge in [-0.2, -0.15) is 9.36 Å². The highest BCUT2D eigenvalue weighted by Gasteiger charge is 2.43. The van der Waals surface area contributed by atoms with Crippen molar-refractivity contribution in [3.8, 4) is 0 Å². The van der Waals surface area contributed by atoms with Crippen LogP contribution in [0.5, 0.6) is 0 Å². The second-order valence-electron chi connectivity index (χ2n) is 9.69. The predicted molar refractivity (Wildman–Crippen MR) is 125 cm³/mol. The monoisotopic (exact) mass is 452 g/mol. The molecule has 2 aliphatic heterocycles. The summed E-state index contributed by atoms with van der Waals surface area (Å²) in [5.41, 5.74) is 3.26. The highest BCUT2D eigenvalue weighted by Crippen LogP contribution is 2.41. The van der Waals surface area contributed by atoms with Crippen LogP contribution in [0.1, 0.15) is 54.2 Å². The van der Waals surface area contributed by atoms with Crippen LogP contribution >= 0.6 is 11.5 Å². The summed E-state index contributed by atoms with van der Waals surface area (Å²) in [6, 6.07) is 7.74. The number of fused-ring (bicyclic) bond motifs is 3. The molecule has 3 aromatic rings. The van der Waals surface area contributed by atoms with E-state index in [9.17, 15) is 4.39 Å². The zero-order valence-corrected chi connectivity index (χ0v) is 19.4. The fourth-order valence-corrected chi connectivity index (χ4v) is 6.80. The van der Waals surface area contributed by atoms with Crippen molar-refractivity contribution in [2.24, 2.45) is 11.8 Å². The molecule has 6 nitrogen and oxygen atoms in total. The van der Waals surface area contributed by atoms with Crippen LogP contribution in [0.15, 0.2) is 24.3 Å². The third-order valence-electron chi connectivity index (χ3n) is 7.54. The molecule has 6 rings (SSSR count). The van der Waals surface area contributed by atoms with Gasteiger partial charge in [-0.3, -0.25) is 0 Å². The fraction of sp³-hybridized carbons (Fsp3) is 0.542. The molecule has 3 unspecified atom stereocenters. The summed E-state index contributed by atoms with van der Waals surface area (Å²) in [7, 11) is 0. The number of piperidine rings is 1. The lowest BCUT2D eigenvalue weighted by molar-refractivity contribution is 0.377. The van der Waals surface area contributed by atoms with Gasteiger partial charge in [0.05, 0.1) is 5.69 Å². The molecule has 1 aliphatic carbocycles. The van der Waals surface area contributed by atoms with Gasteiger partial charge in [-0.15, -0.1) is 5.10 Å². The van der Waals surface area contributed by atoms with Gasteiger partial charge in [0, 0.05) is 31.6 Å². The third kappa shape index (κ3) is 3.49. The Hall–Kier alpha value is -2.48. The van der Waals surface area contributed by atoms with Crippen molar-refractivity contribution in [3.63, 3.8) is 0 Å². The molecular formula is C24H29FN6S. The van der Waals surface area contributed by atoms with E-state index >= 15 is 0 Å². The van der Waals surface area contributed by atoms with Gasteiger partial charge in [-0.1, -0.05) is 6.07 Å². The number of aromatic nitrogens is 4. The van der Waals surface area contributed by atoms with Gasteiger partial charge in [0.2, 0.25) is 5.95 Å². The van der Waals surface area contributed by atoms with Crippen LogP contribution in [0.3, 0.4) is 0 Å². The molecule has 2 aromatic heterocycles. The van der Waals surface area contributed by atoms with Gasteiger partial charge >= 0.3 is 0 Å². The van der Waals surface area contributed by atoms with Gasteiger partial charge in [0.25, 0.3) is 0 Å². The van der Waals surface area contributed by atoms with E-state index in [1.807, 2.05) is 13.0 Å². The predicted octanol–water partition coefficient (Wildman–Crippen LogP) is 4.74. The zero-order chi connectivity index (χ0) is 21.8. The maximum absolute atomic E-state index is 13.6. The lowest BCUT2D eigenvalue weighted by atomic mass is 9.88. The molecule has 0 spiro atoms. The average molecular weight is 453 g/mol. The highest BCUT2D eigenvalue weighted by molar-refractivity contribution is 7.10. The molecule has 1 saturated heterocycles. The molecular weight excluding hydrogens is 423 g/mol. The highest BCUT2D eigenvalue weighted by atomic mass is 32.1. The molecule has 0 amide bonds. The number of benzene rings is 1. The molecule has 1 aromatic carbocycles. The summed E-state index contributed by atoms with van der Waals surface area (Å²) in [6.45, 7) is 7.09. The van der Waals surface area contributed by atoms with Crippen molar-refractivity contribution >= 4 is 22.5 Å². The van der Waals surface area contributed by atoms with Gasteiger partial charge < -0.3 is 10.2 Å². The van der Waals surface area contributed by atoms with Gasteiger partial charge in [0.1, 0.15) is 16.6 Å². The van der Waals surface area contributed by atoms with E-state index in [2.05, 4.69) is 32.3 Å². The van der Waals surface area contributed by atoms with Crippen molar-refractivity contribution < 1.29 is 4.39 Å². The molecule has 32 heavy (non-hydrogen) atoms. The number of hydrogen-bond acceptors (Lipinski definition) is 6. The number of halogens is 1. The van der Waals surface area contributed by atoms with E-state index in [-0.39, 0.29) is 11.7 Å². The largest absolute Gasteiger partial charge is 0.361 e. The molecule has 0 radical (unpaired) electrons. The van der Waals surface area contributed by atoms with E-state index in [4.69, 9.17) is 10.1 Å². The molecule has 3 atom stereocenters. The number of aryl methyl sites for hydroxylation is 3. The zero-order valence-electron chi connectivity index (χ0n) is 18.6. The lowest BCUT2D eigenvalue weighted by Crippen LogP contribution is -2.48. The smallest absolute Gasteiger partial charge is 0.242 e. The normalized spacial score (nSPS) is 26.9. The Morgan fingerprint density at radius 1 is 1.09 bits per heavy atom. The number of anilines is 2. The van der Waals surface area contributed by atoms with Crippen molar-refractivity contribution in [3.05, 3.63) is 52.7 Å². The van der Waals surface area contributed by atoms with Crippen LogP contribution < -0.4 is 10.2 Å². The Morgan fingerprint density at radius 2 is 1.91 bits per heavy atom. The van der Waals surface area contributed by atoms with Crippen molar-refractivity contribution in [2.75, 3.05) is 23.3 Å². The first-order valence-corrected chi connectivity index (χ1v) is 12.5. The number of nitrogens with one attached hydrogen (secondary N) is 1. The van der Waals surface area contributed by atoms with Crippen LogP contribution in [-0.4, -0.2) is 38.3 Å². The Morgan fingerprint density at radius 3 is 2.62 bits per heavy atom. The first-order chi connectivity index (χ1) is 15.5. The van der Waals surface area contributed by atoms with Crippen LogP contribution in [0.4, 0.5) is 15.3 Å². The van der Waals surface area contributed by atoms with E-state index < -0.39 is 0 Å². The molecule has 2 fully saturated rings. The minimum Gasteiger partial charge on any atom is -0.361 e. The minimum atomic E-state index is -0.179. The molecule has 4 heterocycles. The standard InChI is InChI=1S/C24H29FN6S/c1-14-10-18(25)7-8-19(14)20-4-3-9-31-23(20)27-24(28-31)26-22-16-5-6-17(22)13-30(12-16)21-11-15(2)29-32-21/h7-8,10-11,16-17,20,22H,3-6,9,12-13H2,1-2H3,(H,26,28). The molecule has 3 aliphatic rings. The Labute approximate surface area is 192 Å². The summed E-state index contributed by atoms with van der Waals surface area (Å²) in [4.78, 5) is 7.49. The maximum Gasteiger partial charge on any atom is 0.242 e. The van der Waals surface area contributed by atoms with Gasteiger partial charge in [-0.05, 0) is 92.2 Å². The second-order valence-corrected chi connectivity index (χ2v) is 10.5. The van der Waals surface area contributed by atoms with Crippen LogP contribution in [0.25, 0.3) is 0 Å². The van der Waals surface area contributed by atoms with E-state index in [1.54, 1.807) is 23.7 Å². The van der Waals surface area contributed by atoms with Gasteiger partial charge in [-0.25, -0.2) is 9.07 Å². The minimum absolute atomic E-state index is 0.179. The summed E-state index contributed by atoms with van der Waals surface area (Å²) in [5.74, 6) is 2.98.